The van der Waals surface area contributed by atoms with Crippen molar-refractivity contribution in [1.29, 1.82) is 0 Å². The van der Waals surface area contributed by atoms with Crippen LogP contribution in [-0.4, -0.2) is 24.3 Å². The molecule has 0 aromatic heterocycles. The molecule has 1 aliphatic heterocycles. The largest absolute Gasteiger partial charge is 0.478 e. The number of carboxylic acids is 1. The third-order valence-corrected chi connectivity index (χ3v) is 4.97. The quantitative estimate of drug-likeness (QED) is 0.603. The number of para-hydroxylation sites is 1. The molecule has 0 saturated heterocycles. The molecule has 1 aliphatic rings. The number of nitrogens with one attached hydrogen (secondary N) is 1. The first-order valence-electron chi connectivity index (χ1n) is 8.18. The van der Waals surface area contributed by atoms with Crippen LogP contribution in [0.1, 0.15) is 29.8 Å². The van der Waals surface area contributed by atoms with Crippen molar-refractivity contribution in [2.24, 2.45) is 5.10 Å². The average molecular weight is 370 g/mol. The zero-order valence-electron chi connectivity index (χ0n) is 14.8. The van der Waals surface area contributed by atoms with Gasteiger partial charge in [0.1, 0.15) is 0 Å². The van der Waals surface area contributed by atoms with Crippen molar-refractivity contribution in [3.05, 3.63) is 70.4 Å². The number of carboxylic acid groups (broad SMARTS) is 1. The van der Waals surface area contributed by atoms with Crippen molar-refractivity contribution in [3.8, 4) is 0 Å². The summed E-state index contributed by atoms with van der Waals surface area (Å²) >= 11 is 5.87. The fourth-order valence-corrected chi connectivity index (χ4v) is 3.48. The van der Waals surface area contributed by atoms with Crippen LogP contribution in [0.2, 0.25) is 5.02 Å². The number of carbonyl (C=O) groups is 1. The molecule has 0 amide bonds. The summed E-state index contributed by atoms with van der Waals surface area (Å²) in [6, 6.07) is 13.0. The number of likely N-dealkylation sites (N-methyl/N-ethyl adjacent to an activating group) is 1. The van der Waals surface area contributed by atoms with Crippen LogP contribution in [0.5, 0.6) is 0 Å². The molecule has 3 rings (SSSR count). The van der Waals surface area contributed by atoms with Gasteiger partial charge in [-0.25, -0.2) is 4.79 Å². The Morgan fingerprint density at radius 2 is 2.00 bits per heavy atom. The maximum absolute atomic E-state index is 11.1. The molecule has 0 fully saturated rings. The molecule has 0 spiro atoms. The van der Waals surface area contributed by atoms with Crippen molar-refractivity contribution < 1.29 is 9.90 Å². The molecule has 1 heterocycles. The summed E-state index contributed by atoms with van der Waals surface area (Å²) in [7, 11) is 2.04. The fraction of sp³-hybridized carbons (Fsp3) is 0.200. The van der Waals surface area contributed by atoms with Crippen LogP contribution < -0.4 is 10.3 Å². The molecule has 26 heavy (non-hydrogen) atoms. The predicted molar refractivity (Wildman–Crippen MR) is 106 cm³/mol. The summed E-state index contributed by atoms with van der Waals surface area (Å²) in [6.45, 7) is 4.36. The molecule has 134 valence electrons. The summed E-state index contributed by atoms with van der Waals surface area (Å²) in [5.74, 6) is -1.07. The highest BCUT2D eigenvalue weighted by Gasteiger charge is 2.37. The van der Waals surface area contributed by atoms with Gasteiger partial charge in [-0.3, -0.25) is 5.43 Å². The molecule has 6 heteroatoms. The first kappa shape index (κ1) is 18.0. The van der Waals surface area contributed by atoms with Gasteiger partial charge in [0, 0.05) is 30.1 Å². The van der Waals surface area contributed by atoms with E-state index in [0.29, 0.717) is 5.69 Å². The number of benzene rings is 2. The Bertz CT molecular complexity index is 919. The van der Waals surface area contributed by atoms with E-state index in [1.165, 1.54) is 23.4 Å². The summed E-state index contributed by atoms with van der Waals surface area (Å²) in [6.07, 6.45) is 3.63. The van der Waals surface area contributed by atoms with Crippen molar-refractivity contribution in [1.82, 2.24) is 0 Å². The number of halogens is 1. The van der Waals surface area contributed by atoms with Crippen LogP contribution in [0, 0.1) is 0 Å². The second-order valence-electron chi connectivity index (χ2n) is 6.64. The van der Waals surface area contributed by atoms with Crippen LogP contribution in [0.3, 0.4) is 0 Å². The van der Waals surface area contributed by atoms with Crippen LogP contribution in [0.15, 0.2) is 59.3 Å². The van der Waals surface area contributed by atoms with Crippen LogP contribution in [-0.2, 0) is 5.41 Å². The minimum absolute atomic E-state index is 0.0392. The average Bonchev–Trinajstić information content (AvgIpc) is 2.80. The molecule has 2 aromatic rings. The molecular weight excluding hydrogens is 350 g/mol. The van der Waals surface area contributed by atoms with Crippen LogP contribution in [0.4, 0.5) is 11.4 Å². The van der Waals surface area contributed by atoms with E-state index in [1.807, 2.05) is 25.3 Å². The summed E-state index contributed by atoms with van der Waals surface area (Å²) in [5, 5.41) is 13.5. The molecule has 0 bridgehead atoms. The lowest BCUT2D eigenvalue weighted by Crippen LogP contribution is -2.23. The highest BCUT2D eigenvalue weighted by atomic mass is 35.5. The molecule has 0 aliphatic carbocycles. The molecule has 0 radical (unpaired) electrons. The topological polar surface area (TPSA) is 64.9 Å². The van der Waals surface area contributed by atoms with Gasteiger partial charge in [-0.15, -0.1) is 0 Å². The number of anilines is 2. The number of hydrazone groups is 1. The molecule has 5 nitrogen and oxygen atoms in total. The first-order valence-corrected chi connectivity index (χ1v) is 8.56. The molecule has 2 aromatic carbocycles. The fourth-order valence-electron chi connectivity index (χ4n) is 3.28. The van der Waals surface area contributed by atoms with Crippen LogP contribution >= 0.6 is 11.6 Å². The van der Waals surface area contributed by atoms with Gasteiger partial charge in [0.25, 0.3) is 0 Å². The molecule has 2 N–H and O–H groups in total. The van der Waals surface area contributed by atoms with Gasteiger partial charge in [0.15, 0.2) is 0 Å². The van der Waals surface area contributed by atoms with Crippen molar-refractivity contribution in [2.45, 2.75) is 19.3 Å². The maximum atomic E-state index is 11.1. The zero-order chi connectivity index (χ0) is 18.9. The van der Waals surface area contributed by atoms with E-state index in [0.717, 1.165) is 5.70 Å². The summed E-state index contributed by atoms with van der Waals surface area (Å²) in [5.41, 5.74) is 6.92. The number of nitrogens with zero attached hydrogens (tertiary/aromatic N) is 2. The van der Waals surface area contributed by atoms with Crippen LogP contribution in [0.25, 0.3) is 0 Å². The standard InChI is InChI=1S/C20H20ClN3O2/c1-20(2)15-6-4-5-7-17(15)24(3)18(20)10-11-22-23-13-8-9-16(21)14(12-13)19(25)26/h4-12,23H,1-3H3,(H,25,26). The van der Waals surface area contributed by atoms with E-state index in [4.69, 9.17) is 16.7 Å². The zero-order valence-corrected chi connectivity index (χ0v) is 15.6. The Morgan fingerprint density at radius 3 is 2.69 bits per heavy atom. The smallest absolute Gasteiger partial charge is 0.337 e. The highest BCUT2D eigenvalue weighted by molar-refractivity contribution is 6.33. The minimum atomic E-state index is -1.07. The molecular formula is C20H20ClN3O2. The van der Waals surface area contributed by atoms with E-state index in [-0.39, 0.29) is 16.0 Å². The number of aromatic carboxylic acids is 1. The Labute approximate surface area is 157 Å². The molecule has 0 saturated carbocycles. The first-order chi connectivity index (χ1) is 12.3. The van der Waals surface area contributed by atoms with Gasteiger partial charge in [0.2, 0.25) is 0 Å². The molecule has 0 unspecified atom stereocenters. The second kappa shape index (κ2) is 6.84. The highest BCUT2D eigenvalue weighted by Crippen LogP contribution is 2.46. The van der Waals surface area contributed by atoms with Gasteiger partial charge in [-0.1, -0.05) is 43.6 Å². The lowest BCUT2D eigenvalue weighted by atomic mass is 9.84. The Morgan fingerprint density at radius 1 is 1.27 bits per heavy atom. The van der Waals surface area contributed by atoms with E-state index >= 15 is 0 Å². The van der Waals surface area contributed by atoms with Crippen molar-refractivity contribution in [2.75, 3.05) is 17.4 Å². The third kappa shape index (κ3) is 3.18. The lowest BCUT2D eigenvalue weighted by Gasteiger charge is -2.23. The van der Waals surface area contributed by atoms with Gasteiger partial charge < -0.3 is 10.0 Å². The van der Waals surface area contributed by atoms with E-state index in [2.05, 4.69) is 41.4 Å². The SMILES string of the molecule is CN1C(=CC=NNc2ccc(Cl)c(C(=O)O)c2)C(C)(C)c2ccccc21. The third-order valence-electron chi connectivity index (χ3n) is 4.64. The van der Waals surface area contributed by atoms with Crippen molar-refractivity contribution >= 4 is 35.2 Å². The van der Waals surface area contributed by atoms with Gasteiger partial charge in [-0.05, 0) is 35.9 Å². The summed E-state index contributed by atoms with van der Waals surface area (Å²) < 4.78 is 0. The summed E-state index contributed by atoms with van der Waals surface area (Å²) in [4.78, 5) is 13.3. The second-order valence-corrected chi connectivity index (χ2v) is 7.05. The molecule has 0 atom stereocenters. The van der Waals surface area contributed by atoms with Gasteiger partial charge in [0.05, 0.1) is 16.3 Å². The van der Waals surface area contributed by atoms with E-state index < -0.39 is 5.97 Å². The number of allylic oxidation sites excluding steroid dienone is 2. The maximum Gasteiger partial charge on any atom is 0.337 e. The van der Waals surface area contributed by atoms with E-state index in [1.54, 1.807) is 12.3 Å². The monoisotopic (exact) mass is 369 g/mol. The van der Waals surface area contributed by atoms with E-state index in [9.17, 15) is 4.79 Å². The van der Waals surface area contributed by atoms with Gasteiger partial charge >= 0.3 is 5.97 Å². The number of hydrogen-bond donors (Lipinski definition) is 2. The normalized spacial score (nSPS) is 16.9. The number of hydrogen-bond acceptors (Lipinski definition) is 4. The lowest BCUT2D eigenvalue weighted by molar-refractivity contribution is 0.0697. The number of rotatable bonds is 4. The Kier molecular flexibility index (Phi) is 4.74. The Balaban J connectivity index is 1.79. The Hall–Kier alpha value is -2.79. The van der Waals surface area contributed by atoms with Crippen molar-refractivity contribution in [3.63, 3.8) is 0 Å². The predicted octanol–water partition coefficient (Wildman–Crippen LogP) is 4.75. The van der Waals surface area contributed by atoms with Gasteiger partial charge in [-0.2, -0.15) is 5.10 Å². The number of fused-ring (bicyclic) bond motifs is 1. The minimum Gasteiger partial charge on any atom is -0.478 e.